The number of ketones is 1. The van der Waals surface area contributed by atoms with Gasteiger partial charge in [0.25, 0.3) is 0 Å². The summed E-state index contributed by atoms with van der Waals surface area (Å²) in [6.07, 6.45) is 4.02. The van der Waals surface area contributed by atoms with E-state index < -0.39 is 6.10 Å². The van der Waals surface area contributed by atoms with Crippen molar-refractivity contribution in [2.24, 2.45) is 11.3 Å². The van der Waals surface area contributed by atoms with Crippen LogP contribution in [-0.4, -0.2) is 40.3 Å². The zero-order valence-corrected chi connectivity index (χ0v) is 17.1. The molecule has 1 aliphatic carbocycles. The maximum Gasteiger partial charge on any atom is 0.203 e. The number of methoxy groups -OCH3 is 4. The van der Waals surface area contributed by atoms with Crippen molar-refractivity contribution in [3.05, 3.63) is 42.2 Å². The summed E-state index contributed by atoms with van der Waals surface area (Å²) < 4.78 is 28.2. The fourth-order valence-corrected chi connectivity index (χ4v) is 4.44. The molecule has 1 saturated heterocycles. The Hall–Kier alpha value is -2.47. The van der Waals surface area contributed by atoms with E-state index in [2.05, 4.69) is 13.5 Å². The Morgan fingerprint density at radius 2 is 1.82 bits per heavy atom. The molecule has 0 saturated carbocycles. The molecule has 6 nitrogen and oxygen atoms in total. The molecule has 0 spiro atoms. The van der Waals surface area contributed by atoms with Crippen molar-refractivity contribution < 1.29 is 28.5 Å². The van der Waals surface area contributed by atoms with Crippen LogP contribution in [0.4, 0.5) is 0 Å². The van der Waals surface area contributed by atoms with Crippen LogP contribution in [0.25, 0.3) is 0 Å². The van der Waals surface area contributed by atoms with Gasteiger partial charge in [0, 0.05) is 30.1 Å². The predicted molar refractivity (Wildman–Crippen MR) is 105 cm³/mol. The van der Waals surface area contributed by atoms with Crippen molar-refractivity contribution in [3.8, 4) is 17.2 Å². The van der Waals surface area contributed by atoms with Crippen LogP contribution in [0.5, 0.6) is 17.2 Å². The molecular formula is C22H28O6. The number of carbonyl (C=O) groups excluding carboxylic acids is 1. The molecule has 1 aliphatic heterocycles. The van der Waals surface area contributed by atoms with Gasteiger partial charge >= 0.3 is 0 Å². The fourth-order valence-electron chi connectivity index (χ4n) is 4.44. The van der Waals surface area contributed by atoms with E-state index in [4.69, 9.17) is 23.7 Å². The number of ether oxygens (including phenoxy) is 5. The van der Waals surface area contributed by atoms with Crippen molar-refractivity contribution in [1.29, 1.82) is 0 Å². The maximum absolute atomic E-state index is 12.4. The molecule has 0 amide bonds. The van der Waals surface area contributed by atoms with E-state index in [0.29, 0.717) is 35.8 Å². The van der Waals surface area contributed by atoms with Crippen LogP contribution in [-0.2, 0) is 14.3 Å². The van der Waals surface area contributed by atoms with E-state index in [-0.39, 0.29) is 23.2 Å². The van der Waals surface area contributed by atoms with Crippen LogP contribution in [0.3, 0.4) is 0 Å². The third kappa shape index (κ3) is 3.05. The zero-order chi connectivity index (χ0) is 20.5. The molecule has 0 N–H and O–H groups in total. The van der Waals surface area contributed by atoms with E-state index in [1.165, 1.54) is 0 Å². The Morgan fingerprint density at radius 1 is 1.18 bits per heavy atom. The van der Waals surface area contributed by atoms with Crippen molar-refractivity contribution in [2.45, 2.75) is 32.0 Å². The van der Waals surface area contributed by atoms with E-state index in [1.807, 2.05) is 18.2 Å². The highest BCUT2D eigenvalue weighted by molar-refractivity contribution is 5.95. The number of benzene rings is 1. The van der Waals surface area contributed by atoms with Crippen molar-refractivity contribution in [2.75, 3.05) is 28.4 Å². The van der Waals surface area contributed by atoms with Gasteiger partial charge in [-0.2, -0.15) is 0 Å². The van der Waals surface area contributed by atoms with Gasteiger partial charge in [-0.25, -0.2) is 0 Å². The largest absolute Gasteiger partial charge is 0.493 e. The van der Waals surface area contributed by atoms with Crippen LogP contribution < -0.4 is 14.2 Å². The molecular weight excluding hydrogens is 360 g/mol. The van der Waals surface area contributed by atoms with Gasteiger partial charge in [0.2, 0.25) is 5.75 Å². The molecule has 0 aromatic heterocycles. The van der Waals surface area contributed by atoms with Gasteiger partial charge in [-0.15, -0.1) is 6.58 Å². The summed E-state index contributed by atoms with van der Waals surface area (Å²) in [5.41, 5.74) is 0.573. The third-order valence-corrected chi connectivity index (χ3v) is 6.02. The maximum atomic E-state index is 12.4. The zero-order valence-electron chi connectivity index (χ0n) is 17.1. The van der Waals surface area contributed by atoms with E-state index >= 15 is 0 Å². The Kier molecular flexibility index (Phi) is 5.70. The molecule has 152 valence electrons. The minimum Gasteiger partial charge on any atom is -0.493 e. The summed E-state index contributed by atoms with van der Waals surface area (Å²) in [6.45, 7) is 6.06. The minimum absolute atomic E-state index is 0.0603. The topological polar surface area (TPSA) is 63.2 Å². The summed E-state index contributed by atoms with van der Waals surface area (Å²) in [4.78, 5) is 12.4. The number of hydrogen-bond acceptors (Lipinski definition) is 6. The van der Waals surface area contributed by atoms with Crippen molar-refractivity contribution in [3.63, 3.8) is 0 Å². The molecule has 1 aromatic rings. The lowest BCUT2D eigenvalue weighted by Crippen LogP contribution is -2.39. The van der Waals surface area contributed by atoms with Gasteiger partial charge < -0.3 is 23.7 Å². The lowest BCUT2D eigenvalue weighted by molar-refractivity contribution is -0.127. The number of hydrogen-bond donors (Lipinski definition) is 0. The molecule has 2 aliphatic rings. The van der Waals surface area contributed by atoms with Gasteiger partial charge in [-0.1, -0.05) is 13.0 Å². The van der Waals surface area contributed by atoms with Gasteiger partial charge in [-0.05, 0) is 25.0 Å². The standard InChI is InChI=1S/C22H28O6/c1-7-8-22-12-18(26-5)15(23)11-19(22)28-20(13(22)2)14-9-16(24-3)21(27-6)17(10-14)25-4/h7,9-11,13,18,20H,1,8,12H2,2-6H3. The fraction of sp³-hybridized carbons (Fsp3) is 0.500. The number of rotatable bonds is 7. The van der Waals surface area contributed by atoms with Crippen LogP contribution in [0.15, 0.2) is 36.6 Å². The molecule has 0 bridgehead atoms. The molecule has 4 atom stereocenters. The Morgan fingerprint density at radius 3 is 2.32 bits per heavy atom. The SMILES string of the molecule is C=CCC12CC(OC)C(=O)C=C1OC(c1cc(OC)c(OC)c(OC)c1)C2C. The second-order valence-electron chi connectivity index (χ2n) is 7.27. The minimum atomic E-state index is -0.464. The van der Waals surface area contributed by atoms with Crippen molar-refractivity contribution in [1.82, 2.24) is 0 Å². The molecule has 1 heterocycles. The summed E-state index contributed by atoms with van der Waals surface area (Å²) in [5, 5.41) is 0. The van der Waals surface area contributed by atoms with E-state index in [1.54, 1.807) is 34.5 Å². The van der Waals surface area contributed by atoms with Gasteiger partial charge in [0.1, 0.15) is 18.0 Å². The van der Waals surface area contributed by atoms with Crippen LogP contribution >= 0.6 is 0 Å². The highest BCUT2D eigenvalue weighted by Crippen LogP contribution is 2.59. The molecule has 3 rings (SSSR count). The first-order valence-corrected chi connectivity index (χ1v) is 9.32. The van der Waals surface area contributed by atoms with E-state index in [0.717, 1.165) is 5.56 Å². The number of carbonyl (C=O) groups is 1. The third-order valence-electron chi connectivity index (χ3n) is 6.02. The van der Waals surface area contributed by atoms with Gasteiger partial charge in [-0.3, -0.25) is 4.79 Å². The van der Waals surface area contributed by atoms with Crippen LogP contribution in [0.1, 0.15) is 31.4 Å². The Labute approximate surface area is 166 Å². The number of fused-ring (bicyclic) bond motifs is 1. The molecule has 1 aromatic carbocycles. The van der Waals surface area contributed by atoms with Crippen LogP contribution in [0.2, 0.25) is 0 Å². The van der Waals surface area contributed by atoms with Gasteiger partial charge in [0.15, 0.2) is 17.3 Å². The Balaban J connectivity index is 2.07. The first-order chi connectivity index (χ1) is 13.4. The summed E-state index contributed by atoms with van der Waals surface area (Å²) in [7, 11) is 6.32. The monoisotopic (exact) mass is 388 g/mol. The van der Waals surface area contributed by atoms with Gasteiger partial charge in [0.05, 0.1) is 21.3 Å². The first kappa shape index (κ1) is 20.3. The Bertz CT molecular complexity index is 773. The summed E-state index contributed by atoms with van der Waals surface area (Å²) in [6, 6.07) is 3.80. The molecule has 4 unspecified atom stereocenters. The normalized spacial score (nSPS) is 28.8. The van der Waals surface area contributed by atoms with E-state index in [9.17, 15) is 4.79 Å². The lowest BCUT2D eigenvalue weighted by Gasteiger charge is -2.37. The molecule has 1 fully saturated rings. The average molecular weight is 388 g/mol. The predicted octanol–water partition coefficient (Wildman–Crippen LogP) is 3.85. The second kappa shape index (κ2) is 7.87. The molecule has 28 heavy (non-hydrogen) atoms. The second-order valence-corrected chi connectivity index (χ2v) is 7.27. The number of allylic oxidation sites excluding steroid dienone is 2. The highest BCUT2D eigenvalue weighted by Gasteiger charge is 2.55. The first-order valence-electron chi connectivity index (χ1n) is 9.32. The lowest BCUT2D eigenvalue weighted by atomic mass is 9.65. The average Bonchev–Trinajstić information content (AvgIpc) is 2.98. The molecule has 0 radical (unpaired) electrons. The molecule has 6 heteroatoms. The smallest absolute Gasteiger partial charge is 0.203 e. The quantitative estimate of drug-likeness (QED) is 0.661. The summed E-state index contributed by atoms with van der Waals surface area (Å²) >= 11 is 0. The highest BCUT2D eigenvalue weighted by atomic mass is 16.5. The van der Waals surface area contributed by atoms with Crippen LogP contribution in [0, 0.1) is 11.3 Å². The summed E-state index contributed by atoms with van der Waals surface area (Å²) in [5.74, 6) is 2.41. The van der Waals surface area contributed by atoms with Crippen molar-refractivity contribution >= 4 is 5.78 Å².